The molecule has 1 aliphatic rings. The number of hydrogen-bond donors (Lipinski definition) is 0. The van der Waals surface area contributed by atoms with Crippen LogP contribution in [0.25, 0.3) is 0 Å². The Bertz CT molecular complexity index is 840. The van der Waals surface area contributed by atoms with Crippen LogP contribution in [0.4, 0.5) is 0 Å². The second kappa shape index (κ2) is 15.4. The smallest absolute Gasteiger partial charge is 0.306 e. The molecule has 0 N–H and O–H groups in total. The van der Waals surface area contributed by atoms with Gasteiger partial charge >= 0.3 is 5.97 Å². The number of carbonyl (C=O) groups is 1. The molecule has 3 heteroatoms. The van der Waals surface area contributed by atoms with Gasteiger partial charge in [-0.25, -0.2) is 0 Å². The maximum Gasteiger partial charge on any atom is 0.306 e. The maximum absolute atomic E-state index is 12.6. The van der Waals surface area contributed by atoms with E-state index in [2.05, 4.69) is 19.1 Å². The summed E-state index contributed by atoms with van der Waals surface area (Å²) < 4.78 is 11.9. The highest BCUT2D eigenvalue weighted by molar-refractivity contribution is 5.70. The molecule has 2 aromatic rings. The second-order valence-corrected chi connectivity index (χ2v) is 9.38. The zero-order chi connectivity index (χ0) is 23.8. The number of benzene rings is 2. The first-order valence-corrected chi connectivity index (χ1v) is 13.5. The lowest BCUT2D eigenvalue weighted by Gasteiger charge is -2.27. The Morgan fingerprint density at radius 2 is 1.24 bits per heavy atom. The number of fused-ring (bicyclic) bond motifs is 2. The molecule has 3 nitrogen and oxygen atoms in total. The van der Waals surface area contributed by atoms with Crippen molar-refractivity contribution in [3.05, 3.63) is 71.8 Å². The molecule has 0 aromatic heterocycles. The van der Waals surface area contributed by atoms with Gasteiger partial charge in [0.25, 0.3) is 0 Å². The lowest BCUT2D eigenvalue weighted by atomic mass is 9.97. The van der Waals surface area contributed by atoms with E-state index >= 15 is 0 Å². The fourth-order valence-corrected chi connectivity index (χ4v) is 4.52. The number of allylic oxidation sites excluding steroid dienone is 2. The predicted molar refractivity (Wildman–Crippen MR) is 140 cm³/mol. The Balaban J connectivity index is 1.26. The summed E-state index contributed by atoms with van der Waals surface area (Å²) in [6, 6.07) is 15.6. The van der Waals surface area contributed by atoms with Crippen molar-refractivity contribution in [2.45, 2.75) is 103 Å². The fraction of sp³-hybridized carbons (Fsp3) is 0.516. The van der Waals surface area contributed by atoms with E-state index < -0.39 is 6.10 Å². The molecule has 0 bridgehead atoms. The van der Waals surface area contributed by atoms with Gasteiger partial charge in [-0.1, -0.05) is 107 Å². The largest absolute Gasteiger partial charge is 0.456 e. The summed E-state index contributed by atoms with van der Waals surface area (Å²) >= 11 is 0. The van der Waals surface area contributed by atoms with Crippen molar-refractivity contribution in [1.29, 1.82) is 0 Å². The number of esters is 1. The maximum atomic E-state index is 12.6. The van der Waals surface area contributed by atoms with Crippen molar-refractivity contribution in [1.82, 2.24) is 0 Å². The molecule has 0 amide bonds. The average Bonchev–Trinajstić information content (AvgIpc) is 2.86. The van der Waals surface area contributed by atoms with Crippen LogP contribution in [-0.2, 0) is 9.53 Å². The van der Waals surface area contributed by atoms with Crippen LogP contribution in [0.5, 0.6) is 11.5 Å². The third kappa shape index (κ3) is 8.66. The number of para-hydroxylation sites is 2. The zero-order valence-corrected chi connectivity index (χ0v) is 21.0. The minimum Gasteiger partial charge on any atom is -0.456 e. The molecule has 0 aliphatic carbocycles. The molecule has 0 saturated heterocycles. The van der Waals surface area contributed by atoms with E-state index in [1.54, 1.807) is 0 Å². The first-order chi connectivity index (χ1) is 16.8. The van der Waals surface area contributed by atoms with Gasteiger partial charge in [-0.3, -0.25) is 4.79 Å². The van der Waals surface area contributed by atoms with Gasteiger partial charge in [0.05, 0.1) is 0 Å². The molecule has 0 unspecified atom stereocenters. The Hall–Kier alpha value is -2.55. The number of hydrogen-bond acceptors (Lipinski definition) is 3. The summed E-state index contributed by atoms with van der Waals surface area (Å²) in [7, 11) is 0. The second-order valence-electron chi connectivity index (χ2n) is 9.38. The molecule has 34 heavy (non-hydrogen) atoms. The molecular weight excluding hydrogens is 420 g/mol. The third-order valence-corrected chi connectivity index (χ3v) is 6.51. The Labute approximate surface area is 206 Å². The molecule has 0 spiro atoms. The van der Waals surface area contributed by atoms with Crippen LogP contribution in [0.2, 0.25) is 0 Å². The lowest BCUT2D eigenvalue weighted by Crippen LogP contribution is -2.17. The first kappa shape index (κ1) is 26.1. The number of ether oxygens (including phenoxy) is 2. The zero-order valence-electron chi connectivity index (χ0n) is 21.0. The van der Waals surface area contributed by atoms with Gasteiger partial charge in [0.2, 0.25) is 0 Å². The molecule has 184 valence electrons. The van der Waals surface area contributed by atoms with Crippen LogP contribution in [0, 0.1) is 0 Å². The lowest BCUT2D eigenvalue weighted by molar-refractivity contribution is -0.147. The average molecular weight is 463 g/mol. The van der Waals surface area contributed by atoms with E-state index in [-0.39, 0.29) is 5.97 Å². The Morgan fingerprint density at radius 3 is 1.82 bits per heavy atom. The van der Waals surface area contributed by atoms with Crippen LogP contribution >= 0.6 is 0 Å². The summed E-state index contributed by atoms with van der Waals surface area (Å²) in [6.45, 7) is 2.27. The Morgan fingerprint density at radius 1 is 0.735 bits per heavy atom. The number of rotatable bonds is 16. The van der Waals surface area contributed by atoms with Crippen LogP contribution in [0.15, 0.2) is 60.7 Å². The van der Waals surface area contributed by atoms with E-state index in [0.717, 1.165) is 35.5 Å². The SMILES string of the molecule is CCCCCCCC/C=C\CCCCCCCC(=O)OC1c2ccccc2Oc2ccccc21. The van der Waals surface area contributed by atoms with E-state index in [1.165, 1.54) is 70.6 Å². The van der Waals surface area contributed by atoms with Gasteiger partial charge in [0.1, 0.15) is 11.5 Å². The number of carbonyl (C=O) groups excluding carboxylic acids is 1. The van der Waals surface area contributed by atoms with Gasteiger partial charge in [0, 0.05) is 17.5 Å². The highest BCUT2D eigenvalue weighted by Gasteiger charge is 2.29. The summed E-state index contributed by atoms with van der Waals surface area (Å²) in [4.78, 5) is 12.6. The molecule has 0 fully saturated rings. The van der Waals surface area contributed by atoms with Crippen LogP contribution in [0.1, 0.15) is 114 Å². The topological polar surface area (TPSA) is 35.5 Å². The summed E-state index contributed by atoms with van der Waals surface area (Å²) in [5.74, 6) is 1.40. The summed E-state index contributed by atoms with van der Waals surface area (Å²) in [5, 5.41) is 0. The standard InChI is InChI=1S/C31H42O3/c1-2-3-4-5-6-7-8-9-10-11-12-13-14-15-16-25-30(32)34-31-26-21-17-19-23-28(26)33-29-24-20-18-22-27(29)31/h9-10,17-24,31H,2-8,11-16,25H2,1H3/b10-9-. The summed E-state index contributed by atoms with van der Waals surface area (Å²) in [5.41, 5.74) is 1.83. The molecule has 3 rings (SSSR count). The van der Waals surface area contributed by atoms with Crippen molar-refractivity contribution < 1.29 is 14.3 Å². The molecular formula is C31H42O3. The van der Waals surface area contributed by atoms with Crippen LogP contribution < -0.4 is 4.74 Å². The molecule has 0 radical (unpaired) electrons. The predicted octanol–water partition coefficient (Wildman–Crippen LogP) is 9.46. The van der Waals surface area contributed by atoms with Crippen molar-refractivity contribution in [3.8, 4) is 11.5 Å². The van der Waals surface area contributed by atoms with E-state index in [4.69, 9.17) is 9.47 Å². The van der Waals surface area contributed by atoms with Gasteiger partial charge in [-0.15, -0.1) is 0 Å². The first-order valence-electron chi connectivity index (χ1n) is 13.5. The van der Waals surface area contributed by atoms with Gasteiger partial charge in [-0.05, 0) is 44.2 Å². The van der Waals surface area contributed by atoms with E-state index in [9.17, 15) is 4.79 Å². The highest BCUT2D eigenvalue weighted by atomic mass is 16.5. The van der Waals surface area contributed by atoms with Crippen LogP contribution in [-0.4, -0.2) is 5.97 Å². The monoisotopic (exact) mass is 462 g/mol. The number of unbranched alkanes of at least 4 members (excludes halogenated alkanes) is 11. The molecule has 1 heterocycles. The normalized spacial score (nSPS) is 12.9. The van der Waals surface area contributed by atoms with Crippen molar-refractivity contribution in [2.75, 3.05) is 0 Å². The van der Waals surface area contributed by atoms with Crippen LogP contribution in [0.3, 0.4) is 0 Å². The van der Waals surface area contributed by atoms with Gasteiger partial charge in [-0.2, -0.15) is 0 Å². The van der Waals surface area contributed by atoms with Crippen molar-refractivity contribution >= 4 is 5.97 Å². The minimum absolute atomic E-state index is 0.130. The molecule has 0 saturated carbocycles. The van der Waals surface area contributed by atoms with E-state index in [0.29, 0.717) is 6.42 Å². The molecule has 0 atom stereocenters. The van der Waals surface area contributed by atoms with Crippen molar-refractivity contribution in [3.63, 3.8) is 0 Å². The fourth-order valence-electron chi connectivity index (χ4n) is 4.52. The highest BCUT2D eigenvalue weighted by Crippen LogP contribution is 2.44. The van der Waals surface area contributed by atoms with E-state index in [1.807, 2.05) is 48.5 Å². The van der Waals surface area contributed by atoms with Gasteiger partial charge in [0.15, 0.2) is 6.10 Å². The Kier molecular flexibility index (Phi) is 11.8. The summed E-state index contributed by atoms with van der Waals surface area (Å²) in [6.07, 6.45) is 21.0. The molecule has 1 aliphatic heterocycles. The van der Waals surface area contributed by atoms with Gasteiger partial charge < -0.3 is 9.47 Å². The quantitative estimate of drug-likeness (QED) is 0.141. The minimum atomic E-state index is -0.392. The molecule has 2 aromatic carbocycles. The third-order valence-electron chi connectivity index (χ3n) is 6.51. The van der Waals surface area contributed by atoms with Crippen molar-refractivity contribution in [2.24, 2.45) is 0 Å².